The van der Waals surface area contributed by atoms with Crippen LogP contribution in [0.25, 0.3) is 33.5 Å². The first kappa shape index (κ1) is 11.9. The van der Waals surface area contributed by atoms with Gasteiger partial charge in [0.05, 0.1) is 11.0 Å². The first-order valence-corrected chi connectivity index (χ1v) is 6.74. The monoisotopic (exact) mass is 275 g/mol. The van der Waals surface area contributed by atoms with E-state index in [9.17, 15) is 0 Å². The van der Waals surface area contributed by atoms with Gasteiger partial charge in [-0.25, -0.2) is 9.97 Å². The van der Waals surface area contributed by atoms with E-state index in [4.69, 9.17) is 10.2 Å². The van der Waals surface area contributed by atoms with E-state index in [2.05, 4.69) is 9.97 Å². The summed E-state index contributed by atoms with van der Waals surface area (Å²) in [6, 6.07) is 15.7. The number of aromatic nitrogens is 2. The molecule has 0 aliphatic rings. The first-order valence-electron chi connectivity index (χ1n) is 6.74. The number of nitrogens with zero attached hydrogens (tertiary/aromatic N) is 2. The molecule has 0 aliphatic carbocycles. The number of nitrogen functional groups attached to an aromatic ring is 1. The standard InChI is InChI=1S/C17H13N3O/c1-10-5-4-6-11-9-14(21-16(10)11)15-17(18)20-13-8-3-2-7-12(13)19-15/h2-9H,1H3,(H2,18,20). The highest BCUT2D eigenvalue weighted by atomic mass is 16.3. The second kappa shape index (κ2) is 4.31. The third-order valence-corrected chi connectivity index (χ3v) is 3.57. The van der Waals surface area contributed by atoms with Gasteiger partial charge in [0.1, 0.15) is 11.3 Å². The molecule has 4 heteroatoms. The number of hydrogen-bond acceptors (Lipinski definition) is 4. The van der Waals surface area contributed by atoms with Gasteiger partial charge in [-0.3, -0.25) is 0 Å². The molecule has 102 valence electrons. The molecule has 21 heavy (non-hydrogen) atoms. The molecule has 0 radical (unpaired) electrons. The Morgan fingerprint density at radius 1 is 0.952 bits per heavy atom. The van der Waals surface area contributed by atoms with Crippen LogP contribution in [0.1, 0.15) is 5.56 Å². The molecule has 0 aliphatic heterocycles. The van der Waals surface area contributed by atoms with Crippen molar-refractivity contribution in [2.45, 2.75) is 6.92 Å². The van der Waals surface area contributed by atoms with Gasteiger partial charge in [-0.05, 0) is 30.7 Å². The SMILES string of the molecule is Cc1cccc2cc(-c3nc4ccccc4nc3N)oc12. The van der Waals surface area contributed by atoms with Crippen LogP contribution < -0.4 is 5.73 Å². The lowest BCUT2D eigenvalue weighted by molar-refractivity contribution is 0.626. The highest BCUT2D eigenvalue weighted by molar-refractivity contribution is 5.88. The molecule has 4 aromatic rings. The van der Waals surface area contributed by atoms with Crippen LogP contribution in [0.4, 0.5) is 5.82 Å². The Hall–Kier alpha value is -2.88. The van der Waals surface area contributed by atoms with Crippen LogP contribution >= 0.6 is 0 Å². The van der Waals surface area contributed by atoms with Crippen molar-refractivity contribution in [1.82, 2.24) is 9.97 Å². The summed E-state index contributed by atoms with van der Waals surface area (Å²) in [6.07, 6.45) is 0. The number of nitrogens with two attached hydrogens (primary N) is 1. The number of para-hydroxylation sites is 3. The zero-order chi connectivity index (χ0) is 14.4. The highest BCUT2D eigenvalue weighted by Crippen LogP contribution is 2.31. The predicted molar refractivity (Wildman–Crippen MR) is 83.9 cm³/mol. The normalized spacial score (nSPS) is 11.3. The number of anilines is 1. The number of aryl methyl sites for hydroxylation is 1. The fourth-order valence-electron chi connectivity index (χ4n) is 2.52. The van der Waals surface area contributed by atoms with Gasteiger partial charge in [-0.2, -0.15) is 0 Å². The Morgan fingerprint density at radius 3 is 2.48 bits per heavy atom. The number of rotatable bonds is 1. The minimum absolute atomic E-state index is 0.380. The molecule has 2 aromatic carbocycles. The smallest absolute Gasteiger partial charge is 0.157 e. The topological polar surface area (TPSA) is 64.9 Å². The molecule has 0 saturated carbocycles. The van der Waals surface area contributed by atoms with Crippen molar-refractivity contribution in [2.24, 2.45) is 0 Å². The molecular weight excluding hydrogens is 262 g/mol. The van der Waals surface area contributed by atoms with Gasteiger partial charge in [-0.1, -0.05) is 30.3 Å². The average Bonchev–Trinajstić information content (AvgIpc) is 2.92. The van der Waals surface area contributed by atoms with E-state index < -0.39 is 0 Å². The fourth-order valence-corrected chi connectivity index (χ4v) is 2.52. The van der Waals surface area contributed by atoms with Crippen LogP contribution in [0.2, 0.25) is 0 Å². The summed E-state index contributed by atoms with van der Waals surface area (Å²) in [6.45, 7) is 2.02. The first-order chi connectivity index (χ1) is 10.2. The third-order valence-electron chi connectivity index (χ3n) is 3.57. The van der Waals surface area contributed by atoms with Crippen molar-refractivity contribution in [3.8, 4) is 11.5 Å². The molecule has 2 aromatic heterocycles. The molecule has 0 fully saturated rings. The third kappa shape index (κ3) is 1.84. The van der Waals surface area contributed by atoms with Crippen LogP contribution in [0.3, 0.4) is 0 Å². The molecule has 0 amide bonds. The Balaban J connectivity index is 1.99. The molecule has 0 bridgehead atoms. The maximum absolute atomic E-state index is 6.04. The Morgan fingerprint density at radius 2 is 1.71 bits per heavy atom. The molecule has 0 saturated heterocycles. The molecule has 0 unspecified atom stereocenters. The Bertz CT molecular complexity index is 972. The van der Waals surface area contributed by atoms with Crippen LogP contribution in [0.15, 0.2) is 52.9 Å². The van der Waals surface area contributed by atoms with Gasteiger partial charge in [0.2, 0.25) is 0 Å². The summed E-state index contributed by atoms with van der Waals surface area (Å²) in [7, 11) is 0. The number of benzene rings is 2. The van der Waals surface area contributed by atoms with Gasteiger partial charge >= 0.3 is 0 Å². The van der Waals surface area contributed by atoms with Crippen LogP contribution in [0, 0.1) is 6.92 Å². The van der Waals surface area contributed by atoms with Gasteiger partial charge in [0.15, 0.2) is 11.6 Å². The van der Waals surface area contributed by atoms with Gasteiger partial charge in [0.25, 0.3) is 0 Å². The largest absolute Gasteiger partial charge is 0.454 e. The average molecular weight is 275 g/mol. The second-order valence-electron chi connectivity index (χ2n) is 5.05. The summed E-state index contributed by atoms with van der Waals surface area (Å²) in [5.41, 5.74) is 10.2. The summed E-state index contributed by atoms with van der Waals surface area (Å²) < 4.78 is 5.93. The summed E-state index contributed by atoms with van der Waals surface area (Å²) in [5.74, 6) is 1.03. The number of fused-ring (bicyclic) bond motifs is 2. The van der Waals surface area contributed by atoms with E-state index in [1.54, 1.807) is 0 Å². The van der Waals surface area contributed by atoms with Crippen molar-refractivity contribution in [2.75, 3.05) is 5.73 Å². The van der Waals surface area contributed by atoms with E-state index in [1.807, 2.05) is 55.5 Å². The van der Waals surface area contributed by atoms with E-state index in [0.29, 0.717) is 17.3 Å². The van der Waals surface area contributed by atoms with Crippen molar-refractivity contribution in [3.63, 3.8) is 0 Å². The predicted octanol–water partition coefficient (Wildman–Crippen LogP) is 3.93. The van der Waals surface area contributed by atoms with Gasteiger partial charge in [-0.15, -0.1) is 0 Å². The maximum atomic E-state index is 6.04. The molecule has 2 heterocycles. The lowest BCUT2D eigenvalue weighted by Crippen LogP contribution is -1.97. The number of hydrogen-bond donors (Lipinski definition) is 1. The maximum Gasteiger partial charge on any atom is 0.157 e. The highest BCUT2D eigenvalue weighted by Gasteiger charge is 2.14. The van der Waals surface area contributed by atoms with Crippen LogP contribution in [-0.4, -0.2) is 9.97 Å². The summed E-state index contributed by atoms with van der Waals surface area (Å²) in [4.78, 5) is 8.99. The van der Waals surface area contributed by atoms with Crippen molar-refractivity contribution < 1.29 is 4.42 Å². The Kier molecular flexibility index (Phi) is 2.44. The Labute approximate surface area is 121 Å². The minimum Gasteiger partial charge on any atom is -0.454 e. The van der Waals surface area contributed by atoms with Gasteiger partial charge in [0, 0.05) is 5.39 Å². The van der Waals surface area contributed by atoms with Crippen molar-refractivity contribution in [3.05, 3.63) is 54.1 Å². The molecule has 4 nitrogen and oxygen atoms in total. The lowest BCUT2D eigenvalue weighted by atomic mass is 10.2. The molecular formula is C17H13N3O. The quantitative estimate of drug-likeness (QED) is 0.571. The zero-order valence-electron chi connectivity index (χ0n) is 11.5. The van der Waals surface area contributed by atoms with Gasteiger partial charge < -0.3 is 10.2 Å². The molecule has 0 atom stereocenters. The molecule has 0 spiro atoms. The summed E-state index contributed by atoms with van der Waals surface area (Å²) >= 11 is 0. The molecule has 4 rings (SSSR count). The minimum atomic E-state index is 0.380. The number of furan rings is 1. The van der Waals surface area contributed by atoms with E-state index >= 15 is 0 Å². The van der Waals surface area contributed by atoms with E-state index in [-0.39, 0.29) is 0 Å². The second-order valence-corrected chi connectivity index (χ2v) is 5.05. The molecule has 2 N–H and O–H groups in total. The summed E-state index contributed by atoms with van der Waals surface area (Å²) in [5, 5.41) is 1.04. The van der Waals surface area contributed by atoms with E-state index in [0.717, 1.165) is 27.6 Å². The van der Waals surface area contributed by atoms with Crippen LogP contribution in [0.5, 0.6) is 0 Å². The van der Waals surface area contributed by atoms with E-state index in [1.165, 1.54) is 0 Å². The van der Waals surface area contributed by atoms with Crippen LogP contribution in [-0.2, 0) is 0 Å². The van der Waals surface area contributed by atoms with Crippen molar-refractivity contribution >= 4 is 27.8 Å². The lowest BCUT2D eigenvalue weighted by Gasteiger charge is -2.03. The zero-order valence-corrected chi connectivity index (χ0v) is 11.5. The fraction of sp³-hybridized carbons (Fsp3) is 0.0588. The van der Waals surface area contributed by atoms with Crippen molar-refractivity contribution in [1.29, 1.82) is 0 Å².